The summed E-state index contributed by atoms with van der Waals surface area (Å²) in [5.41, 5.74) is 0.110. The zero-order chi connectivity index (χ0) is 21.8. The number of benzene rings is 1. The number of carbonyl (C=O) groups excluding carboxylic acids is 2. The van der Waals surface area contributed by atoms with Crippen molar-refractivity contribution in [3.8, 4) is 0 Å². The van der Waals surface area contributed by atoms with Crippen LogP contribution in [0.15, 0.2) is 48.8 Å². The van der Waals surface area contributed by atoms with E-state index in [9.17, 15) is 22.8 Å². The Morgan fingerprint density at radius 2 is 2.00 bits per heavy atom. The van der Waals surface area contributed by atoms with E-state index in [1.807, 2.05) is 12.1 Å². The standard InChI is InChI=1S/C21H21ClF3N3O2/c22-16-5-3-14(4-6-16)12-20(10-8-18(30)28-20)9-7-17(29)27-19(21(23,24)25)15-2-1-11-26-13-15/h1-6,11,13,19H,7-10,12H2,(H,27,29)(H,28,30)/t19-,20+/m1/s1. The first-order chi connectivity index (χ1) is 14.2. The molecule has 0 spiro atoms. The summed E-state index contributed by atoms with van der Waals surface area (Å²) < 4.78 is 40.3. The third-order valence-corrected chi connectivity index (χ3v) is 5.42. The van der Waals surface area contributed by atoms with Crippen LogP contribution in [0.1, 0.15) is 42.9 Å². The monoisotopic (exact) mass is 439 g/mol. The van der Waals surface area contributed by atoms with Crippen molar-refractivity contribution in [2.24, 2.45) is 0 Å². The van der Waals surface area contributed by atoms with E-state index in [2.05, 4.69) is 15.6 Å². The zero-order valence-corrected chi connectivity index (χ0v) is 16.8. The smallest absolute Gasteiger partial charge is 0.350 e. The molecule has 2 amide bonds. The molecule has 2 N–H and O–H groups in total. The van der Waals surface area contributed by atoms with E-state index in [0.717, 1.165) is 11.8 Å². The lowest BCUT2D eigenvalue weighted by molar-refractivity contribution is -0.163. The molecule has 3 rings (SSSR count). The highest BCUT2D eigenvalue weighted by molar-refractivity contribution is 6.30. The molecular formula is C21H21ClF3N3O2. The third kappa shape index (κ3) is 5.72. The SMILES string of the molecule is O=C(CC[C@@]1(Cc2ccc(Cl)cc2)CCC(=O)N1)N[C@H](c1cccnc1)C(F)(F)F. The van der Waals surface area contributed by atoms with E-state index in [1.165, 1.54) is 18.3 Å². The van der Waals surface area contributed by atoms with E-state index in [1.54, 1.807) is 12.1 Å². The van der Waals surface area contributed by atoms with E-state index in [0.29, 0.717) is 24.3 Å². The summed E-state index contributed by atoms with van der Waals surface area (Å²) in [6, 6.07) is 7.64. The van der Waals surface area contributed by atoms with Crippen LogP contribution < -0.4 is 10.6 Å². The average Bonchev–Trinajstić information content (AvgIpc) is 3.07. The Morgan fingerprint density at radius 3 is 2.57 bits per heavy atom. The largest absolute Gasteiger partial charge is 0.412 e. The summed E-state index contributed by atoms with van der Waals surface area (Å²) in [5.74, 6) is -0.870. The highest BCUT2D eigenvalue weighted by atomic mass is 35.5. The summed E-state index contributed by atoms with van der Waals surface area (Å²) >= 11 is 5.91. The van der Waals surface area contributed by atoms with Gasteiger partial charge in [0.15, 0.2) is 6.04 Å². The number of pyridine rings is 1. The molecule has 0 radical (unpaired) electrons. The molecule has 0 saturated carbocycles. The molecule has 2 heterocycles. The van der Waals surface area contributed by atoms with Gasteiger partial charge in [-0.05, 0) is 43.0 Å². The van der Waals surface area contributed by atoms with Gasteiger partial charge in [-0.3, -0.25) is 14.6 Å². The van der Waals surface area contributed by atoms with Crippen molar-refractivity contribution in [3.63, 3.8) is 0 Å². The Hall–Kier alpha value is -2.61. The minimum atomic E-state index is -4.65. The number of carbonyl (C=O) groups is 2. The van der Waals surface area contributed by atoms with Gasteiger partial charge in [0.2, 0.25) is 11.8 Å². The Kier molecular flexibility index (Phi) is 6.65. The van der Waals surface area contributed by atoms with Gasteiger partial charge in [0.25, 0.3) is 0 Å². The van der Waals surface area contributed by atoms with Crippen molar-refractivity contribution >= 4 is 23.4 Å². The minimum Gasteiger partial charge on any atom is -0.350 e. The normalized spacial score (nSPS) is 19.9. The summed E-state index contributed by atoms with van der Waals surface area (Å²) in [5, 5.41) is 5.56. The van der Waals surface area contributed by atoms with Crippen LogP contribution in [0.25, 0.3) is 0 Å². The van der Waals surface area contributed by atoms with E-state index < -0.39 is 23.7 Å². The van der Waals surface area contributed by atoms with Crippen LogP contribution in [-0.4, -0.2) is 28.5 Å². The van der Waals surface area contributed by atoms with Gasteiger partial charge < -0.3 is 10.6 Å². The summed E-state index contributed by atoms with van der Waals surface area (Å²) in [6.07, 6.45) is -0.843. The fourth-order valence-corrected chi connectivity index (χ4v) is 3.79. The van der Waals surface area contributed by atoms with Gasteiger partial charge in [-0.1, -0.05) is 29.8 Å². The Morgan fingerprint density at radius 1 is 1.27 bits per heavy atom. The maximum absolute atomic E-state index is 13.4. The lowest BCUT2D eigenvalue weighted by Gasteiger charge is -2.30. The third-order valence-electron chi connectivity index (χ3n) is 5.17. The predicted molar refractivity (Wildman–Crippen MR) is 106 cm³/mol. The molecule has 1 fully saturated rings. The van der Waals surface area contributed by atoms with Crippen molar-refractivity contribution in [2.45, 2.75) is 49.9 Å². The number of aromatic nitrogens is 1. The number of hydrogen-bond acceptors (Lipinski definition) is 3. The first-order valence-corrected chi connectivity index (χ1v) is 9.86. The molecule has 9 heteroatoms. The Balaban J connectivity index is 1.68. The van der Waals surface area contributed by atoms with Crippen molar-refractivity contribution in [1.29, 1.82) is 0 Å². The quantitative estimate of drug-likeness (QED) is 0.681. The van der Waals surface area contributed by atoms with Crippen molar-refractivity contribution in [1.82, 2.24) is 15.6 Å². The van der Waals surface area contributed by atoms with Gasteiger partial charge in [0, 0.05) is 41.4 Å². The number of nitrogens with one attached hydrogen (secondary N) is 2. The number of alkyl halides is 3. The Labute approximate surface area is 177 Å². The Bertz CT molecular complexity index is 891. The fourth-order valence-electron chi connectivity index (χ4n) is 3.66. The van der Waals surface area contributed by atoms with Gasteiger partial charge >= 0.3 is 6.18 Å². The second kappa shape index (κ2) is 9.04. The molecule has 1 aliphatic heterocycles. The van der Waals surface area contributed by atoms with Crippen molar-refractivity contribution in [2.75, 3.05) is 0 Å². The predicted octanol–water partition coefficient (Wildman–Crippen LogP) is 4.13. The van der Waals surface area contributed by atoms with Gasteiger partial charge in [0.05, 0.1) is 0 Å². The van der Waals surface area contributed by atoms with E-state index >= 15 is 0 Å². The number of hydrogen-bond donors (Lipinski definition) is 2. The molecule has 1 aromatic heterocycles. The maximum atomic E-state index is 13.4. The molecule has 160 valence electrons. The number of amides is 2. The molecule has 0 aliphatic carbocycles. The van der Waals surface area contributed by atoms with Crippen LogP contribution in [-0.2, 0) is 16.0 Å². The molecule has 5 nitrogen and oxygen atoms in total. The lowest BCUT2D eigenvalue weighted by atomic mass is 9.85. The second-order valence-electron chi connectivity index (χ2n) is 7.46. The van der Waals surface area contributed by atoms with Gasteiger partial charge in [-0.2, -0.15) is 13.2 Å². The lowest BCUT2D eigenvalue weighted by Crippen LogP contribution is -2.45. The highest BCUT2D eigenvalue weighted by Gasteiger charge is 2.43. The van der Waals surface area contributed by atoms with Crippen LogP contribution in [0.3, 0.4) is 0 Å². The first-order valence-electron chi connectivity index (χ1n) is 9.48. The number of halogens is 4. The van der Waals surface area contributed by atoms with Crippen LogP contribution in [0, 0.1) is 0 Å². The summed E-state index contributed by atoms with van der Waals surface area (Å²) in [7, 11) is 0. The van der Waals surface area contributed by atoms with Crippen LogP contribution in [0.4, 0.5) is 13.2 Å². The van der Waals surface area contributed by atoms with Gasteiger partial charge in [0.1, 0.15) is 0 Å². The van der Waals surface area contributed by atoms with Crippen LogP contribution >= 0.6 is 11.6 Å². The molecule has 1 saturated heterocycles. The molecule has 0 bridgehead atoms. The van der Waals surface area contributed by atoms with Crippen LogP contribution in [0.2, 0.25) is 5.02 Å². The molecule has 1 aliphatic rings. The number of rotatable bonds is 7. The molecule has 0 unspecified atom stereocenters. The molecular weight excluding hydrogens is 419 g/mol. The van der Waals surface area contributed by atoms with Crippen molar-refractivity contribution in [3.05, 3.63) is 64.9 Å². The molecule has 2 atom stereocenters. The molecule has 30 heavy (non-hydrogen) atoms. The average molecular weight is 440 g/mol. The van der Waals surface area contributed by atoms with Crippen LogP contribution in [0.5, 0.6) is 0 Å². The van der Waals surface area contributed by atoms with E-state index in [-0.39, 0.29) is 24.3 Å². The second-order valence-corrected chi connectivity index (χ2v) is 7.90. The van der Waals surface area contributed by atoms with Gasteiger partial charge in [-0.25, -0.2) is 0 Å². The fraction of sp³-hybridized carbons (Fsp3) is 0.381. The molecule has 2 aromatic rings. The topological polar surface area (TPSA) is 71.1 Å². The minimum absolute atomic E-state index is 0.132. The first kappa shape index (κ1) is 22.1. The number of nitrogens with zero attached hydrogens (tertiary/aromatic N) is 1. The zero-order valence-electron chi connectivity index (χ0n) is 16.0. The van der Waals surface area contributed by atoms with Gasteiger partial charge in [-0.15, -0.1) is 0 Å². The summed E-state index contributed by atoms with van der Waals surface area (Å²) in [6.45, 7) is 0. The highest BCUT2D eigenvalue weighted by Crippen LogP contribution is 2.33. The van der Waals surface area contributed by atoms with E-state index in [4.69, 9.17) is 11.6 Å². The maximum Gasteiger partial charge on any atom is 0.412 e. The summed E-state index contributed by atoms with van der Waals surface area (Å²) in [4.78, 5) is 27.9. The van der Waals surface area contributed by atoms with Crippen molar-refractivity contribution < 1.29 is 22.8 Å². The molecule has 1 aromatic carbocycles.